The van der Waals surface area contributed by atoms with E-state index in [4.69, 9.17) is 10.8 Å². The van der Waals surface area contributed by atoms with E-state index in [1.807, 2.05) is 18.4 Å². The minimum absolute atomic E-state index is 0. The summed E-state index contributed by atoms with van der Waals surface area (Å²) in [5.41, 5.74) is 7.46. The lowest BCUT2D eigenvalue weighted by molar-refractivity contribution is -0.139. The maximum atomic E-state index is 11.1. The summed E-state index contributed by atoms with van der Waals surface area (Å²) in [6.45, 7) is 0.426. The summed E-state index contributed by atoms with van der Waals surface area (Å²) in [5, 5.41) is 12.2. The number of halogens is 3. The van der Waals surface area contributed by atoms with E-state index in [9.17, 15) is 4.79 Å². The van der Waals surface area contributed by atoms with Crippen LogP contribution in [0.15, 0.2) is 21.1 Å². The van der Waals surface area contributed by atoms with Crippen LogP contribution in [0.25, 0.3) is 0 Å². The first-order chi connectivity index (χ1) is 8.95. The van der Waals surface area contributed by atoms with Gasteiger partial charge in [0, 0.05) is 15.5 Å². The molecule has 20 heavy (non-hydrogen) atoms. The summed E-state index contributed by atoms with van der Waals surface area (Å²) in [4.78, 5) is 11.1. The van der Waals surface area contributed by atoms with Crippen molar-refractivity contribution in [2.45, 2.75) is 19.0 Å². The van der Waals surface area contributed by atoms with E-state index in [-0.39, 0.29) is 12.4 Å². The second-order valence-corrected chi connectivity index (χ2v) is 6.77. The van der Waals surface area contributed by atoms with E-state index in [0.717, 1.165) is 20.3 Å². The van der Waals surface area contributed by atoms with Crippen molar-refractivity contribution in [1.29, 1.82) is 0 Å². The Bertz CT molecular complexity index is 463. The van der Waals surface area contributed by atoms with E-state index in [2.05, 4.69) is 37.2 Å². The van der Waals surface area contributed by atoms with E-state index in [0.29, 0.717) is 18.7 Å². The Balaban J connectivity index is 0.00000361. The number of aliphatic carboxylic acids is 1. The number of rotatable bonds is 7. The van der Waals surface area contributed by atoms with Crippen LogP contribution in [-0.2, 0) is 11.3 Å². The Kier molecular flexibility index (Phi) is 9.92. The number of benzene rings is 1. The van der Waals surface area contributed by atoms with Gasteiger partial charge in [-0.2, -0.15) is 11.8 Å². The summed E-state index contributed by atoms with van der Waals surface area (Å²) in [6, 6.07) is 3.20. The van der Waals surface area contributed by atoms with Gasteiger partial charge < -0.3 is 16.2 Å². The number of nitrogens with two attached hydrogens (primary N) is 1. The number of nitrogen functional groups attached to an aromatic ring is 1. The molecule has 8 heteroatoms. The number of carbonyl (C=O) groups is 1. The van der Waals surface area contributed by atoms with Crippen molar-refractivity contribution in [3.8, 4) is 0 Å². The van der Waals surface area contributed by atoms with Gasteiger partial charge in [-0.25, -0.2) is 0 Å². The molecule has 0 spiro atoms. The molecule has 1 rings (SSSR count). The first kappa shape index (κ1) is 20.1. The molecular weight excluding hydrogens is 431 g/mol. The molecule has 1 aromatic rings. The Morgan fingerprint density at radius 3 is 2.70 bits per heavy atom. The third-order valence-electron chi connectivity index (χ3n) is 2.63. The summed E-state index contributed by atoms with van der Waals surface area (Å²) in [5.74, 6) is -0.0246. The molecule has 1 atom stereocenters. The molecule has 0 fully saturated rings. The molecule has 4 nitrogen and oxygen atoms in total. The van der Waals surface area contributed by atoms with Gasteiger partial charge in [0.25, 0.3) is 0 Å². The molecule has 0 saturated heterocycles. The number of hydrogen-bond donors (Lipinski definition) is 3. The van der Waals surface area contributed by atoms with Gasteiger partial charge >= 0.3 is 5.97 Å². The zero-order chi connectivity index (χ0) is 14.4. The fourth-order valence-corrected chi connectivity index (χ4v) is 3.35. The van der Waals surface area contributed by atoms with Gasteiger partial charge in [0.15, 0.2) is 0 Å². The lowest BCUT2D eigenvalue weighted by atomic mass is 10.1. The van der Waals surface area contributed by atoms with Gasteiger partial charge in [-0.1, -0.05) is 15.9 Å². The van der Waals surface area contributed by atoms with Crippen molar-refractivity contribution >= 4 is 67.7 Å². The molecular formula is C12H17Br2ClN2O2S. The number of anilines is 1. The minimum Gasteiger partial charge on any atom is -0.480 e. The highest BCUT2D eigenvalue weighted by Crippen LogP contribution is 2.28. The highest BCUT2D eigenvalue weighted by Gasteiger charge is 2.16. The zero-order valence-electron chi connectivity index (χ0n) is 10.9. The predicted molar refractivity (Wildman–Crippen MR) is 94.8 cm³/mol. The van der Waals surface area contributed by atoms with Crippen LogP contribution in [0.3, 0.4) is 0 Å². The van der Waals surface area contributed by atoms with Gasteiger partial charge in [0.05, 0.1) is 5.69 Å². The number of thioether (sulfide) groups is 1. The van der Waals surface area contributed by atoms with Crippen LogP contribution in [0.1, 0.15) is 12.0 Å². The highest BCUT2D eigenvalue weighted by molar-refractivity contribution is 9.11. The van der Waals surface area contributed by atoms with Gasteiger partial charge in [0.1, 0.15) is 6.04 Å². The quantitative estimate of drug-likeness (QED) is 0.557. The fraction of sp³-hybridized carbons (Fsp3) is 0.417. The number of hydrogen-bond acceptors (Lipinski definition) is 4. The van der Waals surface area contributed by atoms with Crippen LogP contribution < -0.4 is 11.1 Å². The van der Waals surface area contributed by atoms with Crippen molar-refractivity contribution in [1.82, 2.24) is 5.32 Å². The van der Waals surface area contributed by atoms with E-state index in [1.54, 1.807) is 11.8 Å². The molecule has 0 radical (unpaired) electrons. The molecule has 0 unspecified atom stereocenters. The standard InChI is InChI=1S/C12H16Br2N2O2S.ClH/c1-19-3-2-10(12(17)18)16-6-7-4-8(13)5-9(14)11(7)15;/h4-5,10,16H,2-3,6,15H2,1H3,(H,17,18);1H/t10-;/m0./s1. The Morgan fingerprint density at radius 1 is 1.50 bits per heavy atom. The molecule has 0 aliphatic rings. The number of nitrogens with one attached hydrogen (secondary N) is 1. The van der Waals surface area contributed by atoms with Crippen molar-refractivity contribution in [3.63, 3.8) is 0 Å². The van der Waals surface area contributed by atoms with Gasteiger partial charge in [-0.05, 0) is 52.1 Å². The lowest BCUT2D eigenvalue weighted by Gasteiger charge is -2.15. The maximum absolute atomic E-state index is 11.1. The minimum atomic E-state index is -0.832. The van der Waals surface area contributed by atoms with E-state index < -0.39 is 12.0 Å². The third kappa shape index (κ3) is 6.22. The van der Waals surface area contributed by atoms with Gasteiger partial charge in [0.2, 0.25) is 0 Å². The summed E-state index contributed by atoms with van der Waals surface area (Å²) < 4.78 is 1.70. The molecule has 0 heterocycles. The molecule has 0 aromatic heterocycles. The first-order valence-corrected chi connectivity index (χ1v) is 8.62. The molecule has 0 amide bonds. The maximum Gasteiger partial charge on any atom is 0.320 e. The number of carboxylic acid groups (broad SMARTS) is 1. The van der Waals surface area contributed by atoms with Crippen LogP contribution in [0.5, 0.6) is 0 Å². The largest absolute Gasteiger partial charge is 0.480 e. The zero-order valence-corrected chi connectivity index (χ0v) is 15.7. The third-order valence-corrected chi connectivity index (χ3v) is 4.39. The molecule has 0 aliphatic carbocycles. The van der Waals surface area contributed by atoms with E-state index in [1.165, 1.54) is 0 Å². The normalized spacial score (nSPS) is 11.8. The van der Waals surface area contributed by atoms with Crippen molar-refractivity contribution in [3.05, 3.63) is 26.6 Å². The second kappa shape index (κ2) is 9.89. The monoisotopic (exact) mass is 446 g/mol. The Labute approximate surface area is 145 Å². The molecule has 114 valence electrons. The average Bonchev–Trinajstić information content (AvgIpc) is 2.34. The molecule has 1 aromatic carbocycles. The topological polar surface area (TPSA) is 75.3 Å². The predicted octanol–water partition coefficient (Wildman–Crippen LogP) is 3.51. The van der Waals surface area contributed by atoms with Crippen LogP contribution in [0, 0.1) is 0 Å². The highest BCUT2D eigenvalue weighted by atomic mass is 79.9. The second-order valence-electron chi connectivity index (χ2n) is 4.01. The molecule has 0 saturated carbocycles. The smallest absolute Gasteiger partial charge is 0.320 e. The Hall–Kier alpha value is 0.0500. The van der Waals surface area contributed by atoms with Crippen molar-refractivity contribution in [2.24, 2.45) is 0 Å². The summed E-state index contributed by atoms with van der Waals surface area (Å²) in [7, 11) is 0. The lowest BCUT2D eigenvalue weighted by Crippen LogP contribution is -2.36. The molecule has 0 bridgehead atoms. The Morgan fingerprint density at radius 2 is 2.15 bits per heavy atom. The first-order valence-electron chi connectivity index (χ1n) is 5.64. The van der Waals surface area contributed by atoms with E-state index >= 15 is 0 Å². The summed E-state index contributed by atoms with van der Waals surface area (Å²) >= 11 is 8.40. The van der Waals surface area contributed by atoms with Crippen molar-refractivity contribution in [2.75, 3.05) is 17.7 Å². The average molecular weight is 449 g/mol. The molecule has 0 aliphatic heterocycles. The van der Waals surface area contributed by atoms with Crippen LogP contribution in [0.4, 0.5) is 5.69 Å². The van der Waals surface area contributed by atoms with Crippen LogP contribution in [0.2, 0.25) is 0 Å². The summed E-state index contributed by atoms with van der Waals surface area (Å²) in [6.07, 6.45) is 2.55. The van der Waals surface area contributed by atoms with Gasteiger partial charge in [-0.15, -0.1) is 12.4 Å². The SMILES string of the molecule is CSCC[C@H](NCc1cc(Br)cc(Br)c1N)C(=O)O.Cl. The van der Waals surface area contributed by atoms with Crippen LogP contribution in [-0.4, -0.2) is 29.1 Å². The van der Waals surface area contributed by atoms with Crippen LogP contribution >= 0.6 is 56.0 Å². The van der Waals surface area contributed by atoms with Gasteiger partial charge in [-0.3, -0.25) is 4.79 Å². The molecule has 4 N–H and O–H groups in total. The number of carboxylic acids is 1. The van der Waals surface area contributed by atoms with Crippen molar-refractivity contribution < 1.29 is 9.90 Å². The fourth-order valence-electron chi connectivity index (χ4n) is 1.57.